The Morgan fingerprint density at radius 1 is 1.31 bits per heavy atom. The molecule has 0 atom stereocenters. The first-order chi connectivity index (χ1) is 6.20. The summed E-state index contributed by atoms with van der Waals surface area (Å²) < 4.78 is 5.30. The topological polar surface area (TPSA) is 15.7 Å². The van der Waals surface area contributed by atoms with E-state index in [0.29, 0.717) is 6.04 Å². The van der Waals surface area contributed by atoms with Crippen LogP contribution in [0.25, 0.3) is 0 Å². The minimum absolute atomic E-state index is 0.654. The Labute approximate surface area is 81.7 Å². The molecule has 1 rings (SSSR count). The Kier molecular flexibility index (Phi) is 4.70. The molecule has 1 aliphatic rings. The Morgan fingerprint density at radius 2 is 1.92 bits per heavy atom. The van der Waals surface area contributed by atoms with Crippen LogP contribution in [0.15, 0.2) is 0 Å². The van der Waals surface area contributed by atoms with Crippen molar-refractivity contribution in [3.63, 3.8) is 0 Å². The third-order valence-electron chi connectivity index (χ3n) is 2.75. The van der Waals surface area contributed by atoms with Gasteiger partial charge in [0.25, 0.3) is 0 Å². The molecular weight excluding hydrogens is 164 g/mol. The van der Waals surface area contributed by atoms with E-state index < -0.39 is 0 Å². The van der Waals surface area contributed by atoms with Crippen molar-refractivity contribution in [3.8, 4) is 0 Å². The van der Waals surface area contributed by atoms with Crippen LogP contribution >= 0.6 is 0 Å². The average Bonchev–Trinajstić information content (AvgIpc) is 2.15. The molecule has 0 bridgehead atoms. The standard InChI is InChI=1S/C10H22N2O/c1-10(2)11(3)4-5-12-6-8-13-9-7-12/h10H,4-9H2,1-3H3. The van der Waals surface area contributed by atoms with Gasteiger partial charge in [-0.15, -0.1) is 0 Å². The smallest absolute Gasteiger partial charge is 0.0594 e. The molecule has 1 aliphatic heterocycles. The summed E-state index contributed by atoms with van der Waals surface area (Å²) in [5, 5.41) is 0. The van der Waals surface area contributed by atoms with Gasteiger partial charge in [-0.3, -0.25) is 4.90 Å². The monoisotopic (exact) mass is 186 g/mol. The number of rotatable bonds is 4. The fraction of sp³-hybridized carbons (Fsp3) is 1.00. The summed E-state index contributed by atoms with van der Waals surface area (Å²) in [6, 6.07) is 0.654. The predicted molar refractivity (Wildman–Crippen MR) is 55.0 cm³/mol. The lowest BCUT2D eigenvalue weighted by Crippen LogP contribution is -2.41. The number of hydrogen-bond donors (Lipinski definition) is 0. The molecule has 0 spiro atoms. The lowest BCUT2D eigenvalue weighted by atomic mass is 10.3. The maximum atomic E-state index is 5.30. The SMILES string of the molecule is CC(C)N(C)CCN1CCOCC1. The van der Waals surface area contributed by atoms with Gasteiger partial charge in [-0.1, -0.05) is 0 Å². The lowest BCUT2D eigenvalue weighted by molar-refractivity contribution is 0.0333. The molecule has 3 nitrogen and oxygen atoms in total. The van der Waals surface area contributed by atoms with Crippen LogP contribution in [0.3, 0.4) is 0 Å². The van der Waals surface area contributed by atoms with Crippen LogP contribution in [0.5, 0.6) is 0 Å². The molecule has 0 aliphatic carbocycles. The molecule has 78 valence electrons. The first-order valence-corrected chi connectivity index (χ1v) is 5.20. The van der Waals surface area contributed by atoms with E-state index in [9.17, 15) is 0 Å². The maximum Gasteiger partial charge on any atom is 0.0594 e. The van der Waals surface area contributed by atoms with Crippen LogP contribution in [0.2, 0.25) is 0 Å². The van der Waals surface area contributed by atoms with Gasteiger partial charge in [-0.2, -0.15) is 0 Å². The van der Waals surface area contributed by atoms with Crippen molar-refractivity contribution in [2.75, 3.05) is 46.4 Å². The third kappa shape index (κ3) is 4.07. The molecule has 0 saturated carbocycles. The first kappa shape index (κ1) is 11.0. The van der Waals surface area contributed by atoms with E-state index in [2.05, 4.69) is 30.7 Å². The minimum Gasteiger partial charge on any atom is -0.379 e. The molecule has 0 amide bonds. The molecule has 3 heteroatoms. The Morgan fingerprint density at radius 3 is 2.46 bits per heavy atom. The third-order valence-corrected chi connectivity index (χ3v) is 2.75. The van der Waals surface area contributed by atoms with Gasteiger partial charge in [0, 0.05) is 32.2 Å². The van der Waals surface area contributed by atoms with Crippen LogP contribution in [-0.4, -0.2) is 62.3 Å². The number of ether oxygens (including phenoxy) is 1. The highest BCUT2D eigenvalue weighted by atomic mass is 16.5. The van der Waals surface area contributed by atoms with Gasteiger partial charge in [-0.25, -0.2) is 0 Å². The van der Waals surface area contributed by atoms with Crippen molar-refractivity contribution in [1.29, 1.82) is 0 Å². The van der Waals surface area contributed by atoms with E-state index in [1.165, 1.54) is 6.54 Å². The Balaban J connectivity index is 2.10. The first-order valence-electron chi connectivity index (χ1n) is 5.20. The van der Waals surface area contributed by atoms with E-state index in [1.807, 2.05) is 0 Å². The highest BCUT2D eigenvalue weighted by Gasteiger charge is 2.11. The van der Waals surface area contributed by atoms with Gasteiger partial charge in [0.15, 0.2) is 0 Å². The van der Waals surface area contributed by atoms with Gasteiger partial charge in [0.1, 0.15) is 0 Å². The van der Waals surface area contributed by atoms with Crippen LogP contribution < -0.4 is 0 Å². The average molecular weight is 186 g/mol. The van der Waals surface area contributed by atoms with Gasteiger partial charge in [0.05, 0.1) is 13.2 Å². The van der Waals surface area contributed by atoms with Crippen molar-refractivity contribution in [1.82, 2.24) is 9.80 Å². The van der Waals surface area contributed by atoms with Gasteiger partial charge in [0.2, 0.25) is 0 Å². The van der Waals surface area contributed by atoms with E-state index in [0.717, 1.165) is 32.8 Å². The van der Waals surface area contributed by atoms with Crippen LogP contribution in [-0.2, 0) is 4.74 Å². The molecule has 1 saturated heterocycles. The van der Waals surface area contributed by atoms with Gasteiger partial charge < -0.3 is 9.64 Å². The zero-order valence-electron chi connectivity index (χ0n) is 9.12. The summed E-state index contributed by atoms with van der Waals surface area (Å²) in [5.74, 6) is 0. The van der Waals surface area contributed by atoms with E-state index >= 15 is 0 Å². The summed E-state index contributed by atoms with van der Waals surface area (Å²) in [7, 11) is 2.19. The highest BCUT2D eigenvalue weighted by Crippen LogP contribution is 1.98. The van der Waals surface area contributed by atoms with E-state index in [1.54, 1.807) is 0 Å². The van der Waals surface area contributed by atoms with Crippen molar-refractivity contribution in [3.05, 3.63) is 0 Å². The van der Waals surface area contributed by atoms with Crippen molar-refractivity contribution in [2.45, 2.75) is 19.9 Å². The summed E-state index contributed by atoms with van der Waals surface area (Å²) in [4.78, 5) is 4.86. The molecule has 1 fully saturated rings. The number of hydrogen-bond acceptors (Lipinski definition) is 3. The fourth-order valence-corrected chi connectivity index (χ4v) is 1.38. The number of morpholine rings is 1. The second-order valence-electron chi connectivity index (χ2n) is 4.03. The van der Waals surface area contributed by atoms with Gasteiger partial charge >= 0.3 is 0 Å². The molecule has 0 aromatic rings. The number of nitrogens with zero attached hydrogens (tertiary/aromatic N) is 2. The summed E-state index contributed by atoms with van der Waals surface area (Å²) in [5.41, 5.74) is 0. The van der Waals surface area contributed by atoms with Crippen molar-refractivity contribution >= 4 is 0 Å². The summed E-state index contributed by atoms with van der Waals surface area (Å²) >= 11 is 0. The molecular formula is C10H22N2O. The quantitative estimate of drug-likeness (QED) is 0.641. The predicted octanol–water partition coefficient (Wildman–Crippen LogP) is 0.659. The van der Waals surface area contributed by atoms with Crippen LogP contribution in [0, 0.1) is 0 Å². The number of likely N-dealkylation sites (N-methyl/N-ethyl adjacent to an activating group) is 1. The van der Waals surface area contributed by atoms with E-state index in [4.69, 9.17) is 4.74 Å². The van der Waals surface area contributed by atoms with Crippen molar-refractivity contribution < 1.29 is 4.74 Å². The fourth-order valence-electron chi connectivity index (χ4n) is 1.38. The molecule has 0 aromatic carbocycles. The minimum atomic E-state index is 0.654. The highest BCUT2D eigenvalue weighted by molar-refractivity contribution is 4.65. The zero-order valence-corrected chi connectivity index (χ0v) is 9.12. The normalized spacial score (nSPS) is 20.1. The molecule has 0 unspecified atom stereocenters. The van der Waals surface area contributed by atoms with Crippen LogP contribution in [0.1, 0.15) is 13.8 Å². The Hall–Kier alpha value is -0.120. The summed E-state index contributed by atoms with van der Waals surface area (Å²) in [6.45, 7) is 10.8. The van der Waals surface area contributed by atoms with Crippen LogP contribution in [0.4, 0.5) is 0 Å². The van der Waals surface area contributed by atoms with Crippen molar-refractivity contribution in [2.24, 2.45) is 0 Å². The summed E-state index contributed by atoms with van der Waals surface area (Å²) in [6.07, 6.45) is 0. The Bertz CT molecular complexity index is 133. The molecule has 0 radical (unpaired) electrons. The van der Waals surface area contributed by atoms with E-state index in [-0.39, 0.29) is 0 Å². The largest absolute Gasteiger partial charge is 0.379 e. The molecule has 0 aromatic heterocycles. The second kappa shape index (κ2) is 5.58. The van der Waals surface area contributed by atoms with Gasteiger partial charge in [-0.05, 0) is 20.9 Å². The molecule has 1 heterocycles. The lowest BCUT2D eigenvalue weighted by Gasteiger charge is -2.29. The second-order valence-corrected chi connectivity index (χ2v) is 4.03. The molecule has 0 N–H and O–H groups in total. The molecule has 13 heavy (non-hydrogen) atoms. The zero-order chi connectivity index (χ0) is 9.68. The maximum absolute atomic E-state index is 5.30.